The molecule has 88 valence electrons. The van der Waals surface area contributed by atoms with Gasteiger partial charge in [-0.2, -0.15) is 0 Å². The maximum Gasteiger partial charge on any atom is 0.251 e. The molecule has 2 aromatic rings. The molecule has 2 rings (SSSR count). The smallest absolute Gasteiger partial charge is 0.251 e. The molecule has 5 nitrogen and oxygen atoms in total. The molecule has 0 spiro atoms. The highest BCUT2D eigenvalue weighted by Crippen LogP contribution is 2.14. The molecule has 0 bridgehead atoms. The molecule has 0 saturated carbocycles. The maximum atomic E-state index is 11.5. The predicted molar refractivity (Wildman–Crippen MR) is 68.6 cm³/mol. The summed E-state index contributed by atoms with van der Waals surface area (Å²) in [7, 11) is 1.81. The fraction of sp³-hybridized carbons (Fsp3) is 0.182. The van der Waals surface area contributed by atoms with Gasteiger partial charge in [0.1, 0.15) is 5.69 Å². The van der Waals surface area contributed by atoms with E-state index < -0.39 is 0 Å². The Morgan fingerprint density at radius 2 is 2.29 bits per heavy atom. The molecule has 2 heterocycles. The summed E-state index contributed by atoms with van der Waals surface area (Å²) in [6, 6.07) is 5.12. The molecule has 0 atom stereocenters. The molecule has 6 heteroatoms. The maximum absolute atomic E-state index is 11.5. The third-order valence-electron chi connectivity index (χ3n) is 2.12. The third kappa shape index (κ3) is 2.98. The van der Waals surface area contributed by atoms with Crippen molar-refractivity contribution < 1.29 is 0 Å². The second-order valence-corrected chi connectivity index (χ2v) is 4.39. The Morgan fingerprint density at radius 3 is 2.94 bits per heavy atom. The first-order valence-corrected chi connectivity index (χ1v) is 5.85. The summed E-state index contributed by atoms with van der Waals surface area (Å²) in [6.45, 7) is 0.549. The summed E-state index contributed by atoms with van der Waals surface area (Å²) in [6.07, 6.45) is 1.67. The molecule has 17 heavy (non-hydrogen) atoms. The zero-order chi connectivity index (χ0) is 12.3. The highest BCUT2D eigenvalue weighted by atomic mass is 79.9. The van der Waals surface area contributed by atoms with Crippen LogP contribution in [0.4, 0.5) is 0 Å². The number of nitrogens with zero attached hydrogens (tertiary/aromatic N) is 2. The van der Waals surface area contributed by atoms with Crippen LogP contribution in [0, 0.1) is 0 Å². The van der Waals surface area contributed by atoms with Gasteiger partial charge < -0.3 is 10.3 Å². The van der Waals surface area contributed by atoms with Gasteiger partial charge in [0.15, 0.2) is 5.82 Å². The monoisotopic (exact) mass is 294 g/mol. The zero-order valence-electron chi connectivity index (χ0n) is 9.20. The lowest BCUT2D eigenvalue weighted by Gasteiger charge is -2.03. The Kier molecular flexibility index (Phi) is 3.65. The molecule has 0 unspecified atom stereocenters. The number of nitrogens with one attached hydrogen (secondary N) is 2. The molecule has 0 aliphatic heterocycles. The summed E-state index contributed by atoms with van der Waals surface area (Å²) in [5.41, 5.74) is 1.16. The fourth-order valence-corrected chi connectivity index (χ4v) is 1.65. The number of aromatic nitrogens is 3. The van der Waals surface area contributed by atoms with E-state index in [9.17, 15) is 4.79 Å². The summed E-state index contributed by atoms with van der Waals surface area (Å²) >= 11 is 3.31. The topological polar surface area (TPSA) is 70.7 Å². The second-order valence-electron chi connectivity index (χ2n) is 3.48. The van der Waals surface area contributed by atoms with Gasteiger partial charge in [0.05, 0.1) is 5.69 Å². The molecule has 2 N–H and O–H groups in total. The summed E-state index contributed by atoms with van der Waals surface area (Å²) in [4.78, 5) is 22.7. The highest BCUT2D eigenvalue weighted by Gasteiger charge is 2.04. The van der Waals surface area contributed by atoms with Crippen molar-refractivity contribution in [1.29, 1.82) is 0 Å². The van der Waals surface area contributed by atoms with Crippen LogP contribution in [0.1, 0.15) is 5.69 Å². The quantitative estimate of drug-likeness (QED) is 0.896. The minimum absolute atomic E-state index is 0.176. The van der Waals surface area contributed by atoms with Gasteiger partial charge in [-0.1, -0.05) is 0 Å². The van der Waals surface area contributed by atoms with Crippen molar-refractivity contribution in [2.75, 3.05) is 7.05 Å². The SMILES string of the molecule is CNCc1cc(=O)[nH]c(-c2ccc(Br)cn2)n1. The average molecular weight is 295 g/mol. The number of hydrogen-bond donors (Lipinski definition) is 2. The number of rotatable bonds is 3. The molecule has 2 aromatic heterocycles. The van der Waals surface area contributed by atoms with E-state index in [1.54, 1.807) is 19.3 Å². The lowest BCUT2D eigenvalue weighted by molar-refractivity contribution is 0.784. The second kappa shape index (κ2) is 5.20. The Hall–Kier alpha value is -1.53. The number of H-pyrrole nitrogens is 1. The molecule has 0 aliphatic rings. The Bertz CT molecular complexity index is 564. The van der Waals surface area contributed by atoms with Gasteiger partial charge in [-0.3, -0.25) is 9.78 Å². The molecule has 0 saturated heterocycles. The van der Waals surface area contributed by atoms with E-state index in [1.807, 2.05) is 6.07 Å². The van der Waals surface area contributed by atoms with Gasteiger partial charge in [-0.05, 0) is 35.1 Å². The largest absolute Gasteiger partial charge is 0.314 e. The van der Waals surface area contributed by atoms with Crippen molar-refractivity contribution in [3.8, 4) is 11.5 Å². The third-order valence-corrected chi connectivity index (χ3v) is 2.59. The van der Waals surface area contributed by atoms with Gasteiger partial charge in [-0.15, -0.1) is 0 Å². The van der Waals surface area contributed by atoms with Crippen LogP contribution in [0.2, 0.25) is 0 Å². The minimum Gasteiger partial charge on any atom is -0.314 e. The molecule has 0 amide bonds. The number of pyridine rings is 1. The van der Waals surface area contributed by atoms with Crippen molar-refractivity contribution in [3.63, 3.8) is 0 Å². The van der Waals surface area contributed by atoms with Crippen LogP contribution in [0.5, 0.6) is 0 Å². The van der Waals surface area contributed by atoms with Crippen molar-refractivity contribution >= 4 is 15.9 Å². The van der Waals surface area contributed by atoms with Crippen molar-refractivity contribution in [1.82, 2.24) is 20.3 Å². The van der Waals surface area contributed by atoms with E-state index in [0.717, 1.165) is 4.47 Å². The summed E-state index contributed by atoms with van der Waals surface area (Å²) in [5, 5.41) is 2.96. The van der Waals surface area contributed by atoms with Crippen LogP contribution in [-0.4, -0.2) is 22.0 Å². The van der Waals surface area contributed by atoms with Crippen molar-refractivity contribution in [2.24, 2.45) is 0 Å². The fourth-order valence-electron chi connectivity index (χ4n) is 1.42. The van der Waals surface area contributed by atoms with Crippen LogP contribution in [-0.2, 0) is 6.54 Å². The first kappa shape index (κ1) is 11.9. The van der Waals surface area contributed by atoms with Crippen molar-refractivity contribution in [3.05, 3.63) is 44.9 Å². The molecular formula is C11H11BrN4O. The standard InChI is InChI=1S/C11H11BrN4O/c1-13-6-8-4-10(17)16-11(15-8)9-3-2-7(12)5-14-9/h2-5,13H,6H2,1H3,(H,15,16,17). The van der Waals surface area contributed by atoms with E-state index in [2.05, 4.69) is 36.2 Å². The Balaban J connectivity index is 2.44. The highest BCUT2D eigenvalue weighted by molar-refractivity contribution is 9.10. The molecule has 0 fully saturated rings. The lowest BCUT2D eigenvalue weighted by atomic mass is 10.3. The molecule has 0 aliphatic carbocycles. The Labute approximate surface area is 106 Å². The lowest BCUT2D eigenvalue weighted by Crippen LogP contribution is -2.15. The Morgan fingerprint density at radius 1 is 1.47 bits per heavy atom. The molecule has 0 radical (unpaired) electrons. The van der Waals surface area contributed by atoms with Gasteiger partial charge in [-0.25, -0.2) is 4.98 Å². The van der Waals surface area contributed by atoms with Crippen LogP contribution >= 0.6 is 15.9 Å². The van der Waals surface area contributed by atoms with Gasteiger partial charge >= 0.3 is 0 Å². The summed E-state index contributed by atoms with van der Waals surface area (Å²) < 4.78 is 0.884. The number of halogens is 1. The first-order chi connectivity index (χ1) is 8.19. The first-order valence-electron chi connectivity index (χ1n) is 5.06. The van der Waals surface area contributed by atoms with Crippen LogP contribution in [0.15, 0.2) is 33.7 Å². The van der Waals surface area contributed by atoms with Crippen LogP contribution in [0.3, 0.4) is 0 Å². The minimum atomic E-state index is -0.176. The van der Waals surface area contributed by atoms with E-state index in [4.69, 9.17) is 0 Å². The van der Waals surface area contributed by atoms with E-state index >= 15 is 0 Å². The number of aromatic amines is 1. The average Bonchev–Trinajstić information content (AvgIpc) is 2.29. The zero-order valence-corrected chi connectivity index (χ0v) is 10.8. The normalized spacial score (nSPS) is 10.5. The van der Waals surface area contributed by atoms with Crippen LogP contribution < -0.4 is 10.9 Å². The molecule has 0 aromatic carbocycles. The van der Waals surface area contributed by atoms with E-state index in [1.165, 1.54) is 6.07 Å². The van der Waals surface area contributed by atoms with E-state index in [-0.39, 0.29) is 5.56 Å². The van der Waals surface area contributed by atoms with Crippen LogP contribution in [0.25, 0.3) is 11.5 Å². The van der Waals surface area contributed by atoms with Gasteiger partial charge in [0, 0.05) is 23.3 Å². The van der Waals surface area contributed by atoms with Crippen molar-refractivity contribution in [2.45, 2.75) is 6.54 Å². The van der Waals surface area contributed by atoms with E-state index in [0.29, 0.717) is 23.8 Å². The number of hydrogen-bond acceptors (Lipinski definition) is 4. The van der Waals surface area contributed by atoms with Gasteiger partial charge in [0.2, 0.25) is 0 Å². The predicted octanol–water partition coefficient (Wildman–Crippen LogP) is 1.31. The summed E-state index contributed by atoms with van der Waals surface area (Å²) in [5.74, 6) is 0.482. The molecular weight excluding hydrogens is 284 g/mol. The van der Waals surface area contributed by atoms with Gasteiger partial charge in [0.25, 0.3) is 5.56 Å².